The molecule has 3 aromatic rings. The summed E-state index contributed by atoms with van der Waals surface area (Å²) in [6.07, 6.45) is 1.25. The molecule has 26 heavy (non-hydrogen) atoms. The second kappa shape index (κ2) is 8.41. The van der Waals surface area contributed by atoms with E-state index in [0.29, 0.717) is 17.1 Å². The summed E-state index contributed by atoms with van der Waals surface area (Å²) < 4.78 is 11.1. The first-order valence-corrected chi connectivity index (χ1v) is 8.67. The lowest BCUT2D eigenvalue weighted by atomic mass is 10.2. The van der Waals surface area contributed by atoms with Gasteiger partial charge >= 0.3 is 5.97 Å². The second-order valence-electron chi connectivity index (χ2n) is 5.18. The summed E-state index contributed by atoms with van der Waals surface area (Å²) in [5.74, 6) is 0.559. The van der Waals surface area contributed by atoms with Gasteiger partial charge < -0.3 is 9.47 Å². The van der Waals surface area contributed by atoms with Gasteiger partial charge in [-0.05, 0) is 18.2 Å². The number of ether oxygens (including phenoxy) is 2. The number of nitrogens with zero attached hydrogens (tertiary/aromatic N) is 1. The van der Waals surface area contributed by atoms with Crippen molar-refractivity contribution < 1.29 is 14.3 Å². The fourth-order valence-corrected chi connectivity index (χ4v) is 2.69. The van der Waals surface area contributed by atoms with Crippen LogP contribution in [0.15, 0.2) is 60.8 Å². The lowest BCUT2D eigenvalue weighted by Gasteiger charge is -2.12. The van der Waals surface area contributed by atoms with Crippen molar-refractivity contribution in [3.63, 3.8) is 0 Å². The molecule has 2 aromatic carbocycles. The predicted molar refractivity (Wildman–Crippen MR) is 101 cm³/mol. The van der Waals surface area contributed by atoms with E-state index in [4.69, 9.17) is 44.3 Å². The van der Waals surface area contributed by atoms with Gasteiger partial charge in [-0.25, -0.2) is 9.78 Å². The van der Waals surface area contributed by atoms with E-state index in [0.717, 1.165) is 0 Å². The predicted octanol–water partition coefficient (Wildman–Crippen LogP) is 6.19. The minimum Gasteiger partial charge on any atom is -0.457 e. The van der Waals surface area contributed by atoms with Gasteiger partial charge in [0.2, 0.25) is 0 Å². The summed E-state index contributed by atoms with van der Waals surface area (Å²) >= 11 is 17.8. The van der Waals surface area contributed by atoms with Crippen molar-refractivity contribution in [2.24, 2.45) is 0 Å². The van der Waals surface area contributed by atoms with Gasteiger partial charge in [0, 0.05) is 11.8 Å². The molecule has 0 fully saturated rings. The van der Waals surface area contributed by atoms with Crippen LogP contribution in [-0.2, 0) is 11.3 Å². The van der Waals surface area contributed by atoms with E-state index < -0.39 is 5.97 Å². The van der Waals surface area contributed by atoms with Crippen LogP contribution in [0.3, 0.4) is 0 Å². The van der Waals surface area contributed by atoms with Crippen molar-refractivity contribution in [3.05, 3.63) is 87.1 Å². The first-order chi connectivity index (χ1) is 12.6. The third-order valence-corrected chi connectivity index (χ3v) is 4.65. The molecule has 0 aliphatic carbocycles. The molecule has 1 aromatic heterocycles. The van der Waals surface area contributed by atoms with E-state index in [-0.39, 0.29) is 27.4 Å². The highest BCUT2D eigenvalue weighted by atomic mass is 35.5. The Morgan fingerprint density at radius 3 is 2.38 bits per heavy atom. The van der Waals surface area contributed by atoms with Crippen LogP contribution in [0, 0.1) is 0 Å². The van der Waals surface area contributed by atoms with Crippen molar-refractivity contribution in [1.29, 1.82) is 0 Å². The molecule has 1 heterocycles. The summed E-state index contributed by atoms with van der Waals surface area (Å²) in [5, 5.41) is 0.177. The van der Waals surface area contributed by atoms with Gasteiger partial charge in [-0.15, -0.1) is 0 Å². The fraction of sp³-hybridized carbons (Fsp3) is 0.0526. The van der Waals surface area contributed by atoms with Gasteiger partial charge in [0.25, 0.3) is 0 Å². The van der Waals surface area contributed by atoms with E-state index >= 15 is 0 Å². The normalized spacial score (nSPS) is 10.4. The SMILES string of the molecule is O=C(OCc1ccccc1Oc1ccccc1)c1ncc(Cl)c(Cl)c1Cl. The average Bonchev–Trinajstić information content (AvgIpc) is 2.66. The minimum atomic E-state index is -0.705. The van der Waals surface area contributed by atoms with Crippen molar-refractivity contribution in [1.82, 2.24) is 4.98 Å². The number of esters is 1. The first-order valence-electron chi connectivity index (χ1n) is 7.53. The van der Waals surface area contributed by atoms with E-state index in [1.54, 1.807) is 12.1 Å². The molecule has 4 nitrogen and oxygen atoms in total. The number of hydrogen-bond acceptors (Lipinski definition) is 4. The molecule has 132 valence electrons. The number of halogens is 3. The maximum atomic E-state index is 12.3. The number of hydrogen-bond donors (Lipinski definition) is 0. The maximum Gasteiger partial charge on any atom is 0.358 e. The van der Waals surface area contributed by atoms with E-state index in [1.165, 1.54) is 6.20 Å². The quantitative estimate of drug-likeness (QED) is 0.472. The van der Waals surface area contributed by atoms with Crippen LogP contribution >= 0.6 is 34.8 Å². The van der Waals surface area contributed by atoms with Crippen LogP contribution in [0.2, 0.25) is 15.1 Å². The Kier molecular flexibility index (Phi) is 5.99. The van der Waals surface area contributed by atoms with Gasteiger partial charge in [-0.1, -0.05) is 71.2 Å². The molecule has 0 unspecified atom stereocenters. The second-order valence-corrected chi connectivity index (χ2v) is 6.34. The Labute approximate surface area is 165 Å². The Bertz CT molecular complexity index is 933. The molecule has 3 rings (SSSR count). The van der Waals surface area contributed by atoms with Crippen LogP contribution in [0.1, 0.15) is 16.1 Å². The van der Waals surface area contributed by atoms with Gasteiger partial charge in [-0.3, -0.25) is 0 Å². The summed E-state index contributed by atoms with van der Waals surface area (Å²) in [6.45, 7) is -0.0138. The van der Waals surface area contributed by atoms with Crippen molar-refractivity contribution in [2.75, 3.05) is 0 Å². The van der Waals surface area contributed by atoms with E-state index in [2.05, 4.69) is 4.98 Å². The molecule has 0 bridgehead atoms. The summed E-state index contributed by atoms with van der Waals surface area (Å²) in [5.41, 5.74) is 0.600. The minimum absolute atomic E-state index is 0.0138. The Hall–Kier alpha value is -2.27. The van der Waals surface area contributed by atoms with Crippen molar-refractivity contribution >= 4 is 40.8 Å². The third kappa shape index (κ3) is 4.28. The van der Waals surface area contributed by atoms with Crippen LogP contribution < -0.4 is 4.74 Å². The summed E-state index contributed by atoms with van der Waals surface area (Å²) in [7, 11) is 0. The molecule has 0 aliphatic heterocycles. The molecule has 0 amide bonds. The molecule has 0 saturated heterocycles. The highest BCUT2D eigenvalue weighted by molar-refractivity contribution is 6.48. The maximum absolute atomic E-state index is 12.3. The van der Waals surface area contributed by atoms with Crippen molar-refractivity contribution in [3.8, 4) is 11.5 Å². The molecule has 7 heteroatoms. The van der Waals surface area contributed by atoms with Crippen LogP contribution in [0.5, 0.6) is 11.5 Å². The number of rotatable bonds is 5. The van der Waals surface area contributed by atoms with Gasteiger partial charge in [-0.2, -0.15) is 0 Å². The molecule has 0 aliphatic rings. The molecular formula is C19H12Cl3NO3. The standard InChI is InChI=1S/C19H12Cl3NO3/c20-14-10-23-18(17(22)16(14)21)19(24)25-11-12-6-4-5-9-15(12)26-13-7-2-1-3-8-13/h1-10H,11H2. The van der Waals surface area contributed by atoms with Gasteiger partial charge in [0.1, 0.15) is 18.1 Å². The van der Waals surface area contributed by atoms with Crippen LogP contribution in [0.25, 0.3) is 0 Å². The number of pyridine rings is 1. The summed E-state index contributed by atoms with van der Waals surface area (Å²) in [4.78, 5) is 16.1. The zero-order valence-electron chi connectivity index (χ0n) is 13.3. The van der Waals surface area contributed by atoms with Crippen molar-refractivity contribution in [2.45, 2.75) is 6.61 Å². The topological polar surface area (TPSA) is 48.4 Å². The Morgan fingerprint density at radius 1 is 0.923 bits per heavy atom. The molecule has 0 saturated carbocycles. The molecule has 0 atom stereocenters. The molecular weight excluding hydrogens is 397 g/mol. The number of benzene rings is 2. The average molecular weight is 409 g/mol. The number of carbonyl (C=O) groups excluding carboxylic acids is 1. The number of carbonyl (C=O) groups is 1. The zero-order chi connectivity index (χ0) is 18.5. The lowest BCUT2D eigenvalue weighted by molar-refractivity contribution is 0.0464. The number of para-hydroxylation sites is 2. The highest BCUT2D eigenvalue weighted by Gasteiger charge is 2.19. The first kappa shape index (κ1) is 18.5. The molecule has 0 radical (unpaired) electrons. The fourth-order valence-electron chi connectivity index (χ4n) is 2.14. The lowest BCUT2D eigenvalue weighted by Crippen LogP contribution is -2.09. The molecule has 0 spiro atoms. The monoisotopic (exact) mass is 407 g/mol. The number of aromatic nitrogens is 1. The Balaban J connectivity index is 1.74. The van der Waals surface area contributed by atoms with E-state index in [1.807, 2.05) is 42.5 Å². The van der Waals surface area contributed by atoms with Crippen LogP contribution in [-0.4, -0.2) is 11.0 Å². The van der Waals surface area contributed by atoms with Crippen LogP contribution in [0.4, 0.5) is 0 Å². The molecule has 0 N–H and O–H groups in total. The van der Waals surface area contributed by atoms with E-state index in [9.17, 15) is 4.79 Å². The third-order valence-electron chi connectivity index (χ3n) is 3.41. The highest BCUT2D eigenvalue weighted by Crippen LogP contribution is 2.32. The Morgan fingerprint density at radius 2 is 1.62 bits per heavy atom. The zero-order valence-corrected chi connectivity index (χ0v) is 15.6. The smallest absolute Gasteiger partial charge is 0.358 e. The van der Waals surface area contributed by atoms with Gasteiger partial charge in [0.05, 0.1) is 15.1 Å². The van der Waals surface area contributed by atoms with Gasteiger partial charge in [0.15, 0.2) is 5.69 Å². The largest absolute Gasteiger partial charge is 0.457 e. The summed E-state index contributed by atoms with van der Waals surface area (Å²) in [6, 6.07) is 16.6.